The third kappa shape index (κ3) is 6.34. The lowest BCUT2D eigenvalue weighted by molar-refractivity contribution is -0.128. The van der Waals surface area contributed by atoms with Crippen LogP contribution in [0.25, 0.3) is 10.9 Å². The van der Waals surface area contributed by atoms with Crippen LogP contribution in [-0.4, -0.2) is 95.3 Å². The lowest BCUT2D eigenvalue weighted by atomic mass is 9.87. The molecule has 3 aromatic rings. The van der Waals surface area contributed by atoms with Crippen LogP contribution in [0.3, 0.4) is 0 Å². The van der Waals surface area contributed by atoms with Gasteiger partial charge in [0, 0.05) is 49.1 Å². The Kier molecular flexibility index (Phi) is 8.95. The van der Waals surface area contributed by atoms with Crippen LogP contribution in [0.4, 0.5) is 11.5 Å². The first-order chi connectivity index (χ1) is 21.8. The van der Waals surface area contributed by atoms with Crippen molar-refractivity contribution in [1.29, 1.82) is 5.26 Å². The molecule has 2 aromatic heterocycles. The van der Waals surface area contributed by atoms with Crippen molar-refractivity contribution in [1.82, 2.24) is 30.0 Å². The Morgan fingerprint density at radius 3 is 2.78 bits per heavy atom. The Labute approximate surface area is 265 Å². The number of benzene rings is 1. The van der Waals surface area contributed by atoms with Crippen LogP contribution in [0.1, 0.15) is 55.3 Å². The molecule has 1 saturated carbocycles. The van der Waals surface area contributed by atoms with Gasteiger partial charge >= 0.3 is 6.01 Å². The van der Waals surface area contributed by atoms with Crippen LogP contribution in [0.15, 0.2) is 31.0 Å². The number of hydrogen-bond acceptors (Lipinski definition) is 9. The van der Waals surface area contributed by atoms with E-state index in [4.69, 9.17) is 14.7 Å². The molecule has 1 saturated heterocycles. The highest BCUT2D eigenvalue weighted by Gasteiger charge is 2.37. The molecule has 1 aliphatic carbocycles. The topological polar surface area (TPSA) is 118 Å². The first-order valence-corrected chi connectivity index (χ1v) is 16.2. The summed E-state index contributed by atoms with van der Waals surface area (Å²) >= 11 is 0. The predicted octanol–water partition coefficient (Wildman–Crippen LogP) is 4.23. The zero-order valence-electron chi connectivity index (χ0n) is 26.9. The van der Waals surface area contributed by atoms with E-state index in [1.54, 1.807) is 4.90 Å². The van der Waals surface area contributed by atoms with Crippen molar-refractivity contribution in [3.63, 3.8) is 0 Å². The van der Waals surface area contributed by atoms with E-state index in [1.807, 2.05) is 6.20 Å². The van der Waals surface area contributed by atoms with Crippen molar-refractivity contribution >= 4 is 28.3 Å². The Hall–Kier alpha value is -4.17. The smallest absolute Gasteiger partial charge is 0.318 e. The first kappa shape index (κ1) is 30.8. The largest absolute Gasteiger partial charge is 0.463 e. The fraction of sp³-hybridized carbons (Fsp3) is 0.559. The molecular formula is C34H45N9O2. The number of fused-ring (bicyclic) bond motifs is 2. The van der Waals surface area contributed by atoms with E-state index >= 15 is 0 Å². The van der Waals surface area contributed by atoms with Crippen LogP contribution in [0, 0.1) is 23.7 Å². The van der Waals surface area contributed by atoms with E-state index in [9.17, 15) is 10.1 Å². The van der Waals surface area contributed by atoms with E-state index in [0.29, 0.717) is 38.8 Å². The van der Waals surface area contributed by atoms with Crippen molar-refractivity contribution in [3.05, 3.63) is 47.8 Å². The average Bonchev–Trinajstić information content (AvgIpc) is 3.64. The number of carbonyl (C=O) groups excluding carboxylic acids is 1. The number of aryl methyl sites for hydroxylation is 1. The number of piperazine rings is 1. The van der Waals surface area contributed by atoms with Crippen LogP contribution < -0.4 is 14.5 Å². The predicted molar refractivity (Wildman–Crippen MR) is 175 cm³/mol. The summed E-state index contributed by atoms with van der Waals surface area (Å²) in [6.45, 7) is 10.5. The third-order valence-electron chi connectivity index (χ3n) is 9.75. The highest BCUT2D eigenvalue weighted by Crippen LogP contribution is 2.40. The van der Waals surface area contributed by atoms with Gasteiger partial charge in [-0.25, -0.2) is 0 Å². The molecule has 1 N–H and O–H groups in total. The monoisotopic (exact) mass is 611 g/mol. The zero-order chi connectivity index (χ0) is 31.6. The number of nitrogens with zero attached hydrogens (tertiary/aromatic N) is 8. The number of amides is 1. The number of nitriles is 1. The summed E-state index contributed by atoms with van der Waals surface area (Å²) in [4.78, 5) is 31.5. The summed E-state index contributed by atoms with van der Waals surface area (Å²) in [5.74, 6) is 0.736. The standard InChI is InChI=1S/C34H45N9O2/c1-5-30(44)43-18-17-42(20-25(43)12-15-35)32-26-9-8-16-41(31-24(2)10-11-28-27(31)19-36-39-28)21-29(26)37-33(38-32)45-23-34(22-40(3)4)13-6-7-14-34/h5,10-11,19,25H,1,6-9,12-14,16-18,20-23H2,2-4H3,(H,36,39)/t25-/m0/s1. The van der Waals surface area contributed by atoms with E-state index in [2.05, 4.69) is 70.7 Å². The summed E-state index contributed by atoms with van der Waals surface area (Å²) < 4.78 is 6.57. The van der Waals surface area contributed by atoms with Crippen molar-refractivity contribution in [2.45, 2.75) is 64.5 Å². The second kappa shape index (κ2) is 13.1. The maximum Gasteiger partial charge on any atom is 0.318 e. The molecule has 1 amide bonds. The molecule has 1 aromatic carbocycles. The number of ether oxygens (including phenoxy) is 1. The molecule has 1 atom stereocenters. The first-order valence-electron chi connectivity index (χ1n) is 16.2. The van der Waals surface area contributed by atoms with E-state index < -0.39 is 0 Å². The number of aromatic nitrogens is 4. The van der Waals surface area contributed by atoms with Gasteiger partial charge < -0.3 is 24.3 Å². The highest BCUT2D eigenvalue weighted by molar-refractivity contribution is 5.93. The molecule has 2 aliphatic heterocycles. The van der Waals surface area contributed by atoms with Crippen molar-refractivity contribution < 1.29 is 9.53 Å². The molecule has 6 rings (SSSR count). The third-order valence-corrected chi connectivity index (χ3v) is 9.75. The second-order valence-corrected chi connectivity index (χ2v) is 13.3. The van der Waals surface area contributed by atoms with Crippen LogP contribution in [0.2, 0.25) is 0 Å². The number of anilines is 2. The van der Waals surface area contributed by atoms with Crippen LogP contribution in [0.5, 0.6) is 6.01 Å². The minimum absolute atomic E-state index is 0.0917. The van der Waals surface area contributed by atoms with Gasteiger partial charge in [0.05, 0.1) is 54.8 Å². The molecular weight excluding hydrogens is 566 g/mol. The minimum Gasteiger partial charge on any atom is -0.463 e. The molecule has 3 aliphatic rings. The number of nitrogens with one attached hydrogen (secondary N) is 1. The Bertz CT molecular complexity index is 1590. The quantitative estimate of drug-likeness (QED) is 0.355. The fourth-order valence-corrected chi connectivity index (χ4v) is 7.73. The minimum atomic E-state index is -0.241. The lowest BCUT2D eigenvalue weighted by Crippen LogP contribution is -2.55. The number of rotatable bonds is 9. The molecule has 0 spiro atoms. The van der Waals surface area contributed by atoms with Crippen LogP contribution in [-0.2, 0) is 17.8 Å². The van der Waals surface area contributed by atoms with Gasteiger partial charge in [0.1, 0.15) is 5.82 Å². The SMILES string of the molecule is C=CC(=O)N1CCN(c2nc(OCC3(CN(C)C)CCCC3)nc3c2CCCN(c2c(C)ccc4[nH]ncc24)C3)C[C@@H]1CC#N. The van der Waals surface area contributed by atoms with E-state index in [1.165, 1.54) is 30.2 Å². The summed E-state index contributed by atoms with van der Waals surface area (Å²) in [5, 5.41) is 18.2. The maximum atomic E-state index is 12.6. The molecule has 45 heavy (non-hydrogen) atoms. The molecule has 2 fully saturated rings. The van der Waals surface area contributed by atoms with Gasteiger partial charge in [-0.15, -0.1) is 0 Å². The zero-order valence-corrected chi connectivity index (χ0v) is 26.9. The Morgan fingerprint density at radius 1 is 1.20 bits per heavy atom. The molecule has 11 heteroatoms. The molecule has 238 valence electrons. The molecule has 4 heterocycles. The maximum absolute atomic E-state index is 12.6. The number of carbonyl (C=O) groups is 1. The van der Waals surface area contributed by atoms with Gasteiger partial charge in [-0.3, -0.25) is 9.89 Å². The fourth-order valence-electron chi connectivity index (χ4n) is 7.73. The average molecular weight is 612 g/mol. The van der Waals surface area contributed by atoms with Gasteiger partial charge in [-0.1, -0.05) is 25.5 Å². The van der Waals surface area contributed by atoms with Gasteiger partial charge in [0.15, 0.2) is 0 Å². The number of hydrogen-bond donors (Lipinski definition) is 1. The van der Waals surface area contributed by atoms with E-state index in [0.717, 1.165) is 66.8 Å². The number of H-pyrrole nitrogens is 1. The summed E-state index contributed by atoms with van der Waals surface area (Å²) in [6, 6.07) is 6.68. The normalized spacial score (nSPS) is 19.8. The molecule has 0 radical (unpaired) electrons. The van der Waals surface area contributed by atoms with Crippen molar-refractivity contribution in [2.24, 2.45) is 5.41 Å². The highest BCUT2D eigenvalue weighted by atomic mass is 16.5. The molecule has 0 unspecified atom stereocenters. The summed E-state index contributed by atoms with van der Waals surface area (Å²) in [5.41, 5.74) is 5.59. The van der Waals surface area contributed by atoms with Crippen molar-refractivity contribution in [3.8, 4) is 12.1 Å². The van der Waals surface area contributed by atoms with Gasteiger partial charge in [0.2, 0.25) is 5.91 Å². The Balaban J connectivity index is 1.37. The lowest BCUT2D eigenvalue weighted by Gasteiger charge is -2.41. The van der Waals surface area contributed by atoms with Gasteiger partial charge in [-0.05, 0) is 64.4 Å². The number of aromatic amines is 1. The molecule has 0 bridgehead atoms. The van der Waals surface area contributed by atoms with Gasteiger partial charge in [0.25, 0.3) is 0 Å². The van der Waals surface area contributed by atoms with Gasteiger partial charge in [-0.2, -0.15) is 20.3 Å². The molecule has 11 nitrogen and oxygen atoms in total. The second-order valence-electron chi connectivity index (χ2n) is 13.3. The van der Waals surface area contributed by atoms with Crippen LogP contribution >= 0.6 is 0 Å². The summed E-state index contributed by atoms with van der Waals surface area (Å²) in [7, 11) is 4.26. The van der Waals surface area contributed by atoms with E-state index in [-0.39, 0.29) is 23.8 Å². The van der Waals surface area contributed by atoms with Crippen molar-refractivity contribution in [2.75, 3.05) is 63.2 Å². The summed E-state index contributed by atoms with van der Waals surface area (Å²) in [6.07, 6.45) is 9.99. The Morgan fingerprint density at radius 2 is 2.02 bits per heavy atom.